The number of nitrogens with zero attached hydrogens (tertiary/aromatic N) is 1. The molecule has 1 aromatic carbocycles. The predicted molar refractivity (Wildman–Crippen MR) is 88.9 cm³/mol. The second-order valence-electron chi connectivity index (χ2n) is 5.88. The zero-order valence-electron chi connectivity index (χ0n) is 13.2. The van der Waals surface area contributed by atoms with Crippen molar-refractivity contribution in [2.75, 3.05) is 18.0 Å². The molecule has 0 bridgehead atoms. The van der Waals surface area contributed by atoms with Crippen molar-refractivity contribution in [3.63, 3.8) is 0 Å². The van der Waals surface area contributed by atoms with Crippen LogP contribution >= 0.6 is 0 Å². The van der Waals surface area contributed by atoms with Crippen molar-refractivity contribution in [1.82, 2.24) is 5.32 Å². The number of benzene rings is 1. The molecule has 0 atom stereocenters. The summed E-state index contributed by atoms with van der Waals surface area (Å²) >= 11 is 0. The molecule has 0 radical (unpaired) electrons. The number of aryl methyl sites for hydroxylation is 1. The molecule has 2 rings (SSSR count). The van der Waals surface area contributed by atoms with Crippen molar-refractivity contribution in [3.8, 4) is 0 Å². The first kappa shape index (κ1) is 15.9. The molecule has 1 aliphatic heterocycles. The summed E-state index contributed by atoms with van der Waals surface area (Å²) in [5, 5.41) is 3.08. The number of hydrogen-bond donors (Lipinski definition) is 1. The molecule has 1 aliphatic rings. The summed E-state index contributed by atoms with van der Waals surface area (Å²) in [6.07, 6.45) is 9.46. The van der Waals surface area contributed by atoms with E-state index in [1.807, 2.05) is 11.0 Å². The minimum absolute atomic E-state index is 0.0693. The highest BCUT2D eigenvalue weighted by atomic mass is 16.2. The lowest BCUT2D eigenvalue weighted by Crippen LogP contribution is -2.41. The number of nitrogens with one attached hydrogen (secondary N) is 1. The van der Waals surface area contributed by atoms with Crippen LogP contribution in [0.1, 0.15) is 57.4 Å². The van der Waals surface area contributed by atoms with Gasteiger partial charge in [-0.2, -0.15) is 0 Å². The Kier molecular flexibility index (Phi) is 6.58. The van der Waals surface area contributed by atoms with Gasteiger partial charge < -0.3 is 5.32 Å². The SMILES string of the molecule is CCCCCCCNC(=O)N1CCCCc2ccccc21. The molecule has 0 saturated carbocycles. The van der Waals surface area contributed by atoms with Gasteiger partial charge in [0.1, 0.15) is 0 Å². The van der Waals surface area contributed by atoms with Crippen LogP contribution in [-0.4, -0.2) is 19.1 Å². The Hall–Kier alpha value is -1.51. The van der Waals surface area contributed by atoms with Crippen molar-refractivity contribution in [3.05, 3.63) is 29.8 Å². The van der Waals surface area contributed by atoms with E-state index in [9.17, 15) is 4.79 Å². The van der Waals surface area contributed by atoms with Crippen molar-refractivity contribution in [2.45, 2.75) is 58.3 Å². The Morgan fingerprint density at radius 1 is 1.14 bits per heavy atom. The monoisotopic (exact) mass is 288 g/mol. The molecule has 1 aromatic rings. The molecule has 0 saturated heterocycles. The average Bonchev–Trinajstić information content (AvgIpc) is 2.73. The quantitative estimate of drug-likeness (QED) is 0.767. The molecule has 116 valence electrons. The fourth-order valence-corrected chi connectivity index (χ4v) is 2.92. The van der Waals surface area contributed by atoms with Gasteiger partial charge in [0, 0.05) is 18.8 Å². The van der Waals surface area contributed by atoms with Crippen molar-refractivity contribution in [2.24, 2.45) is 0 Å². The number of carbonyl (C=O) groups is 1. The second-order valence-corrected chi connectivity index (χ2v) is 5.88. The Morgan fingerprint density at radius 2 is 1.95 bits per heavy atom. The van der Waals surface area contributed by atoms with Crippen LogP contribution in [0.15, 0.2) is 24.3 Å². The van der Waals surface area contributed by atoms with Gasteiger partial charge in [0.2, 0.25) is 0 Å². The summed E-state index contributed by atoms with van der Waals surface area (Å²) in [5.74, 6) is 0. The fourth-order valence-electron chi connectivity index (χ4n) is 2.92. The number of carbonyl (C=O) groups excluding carboxylic acids is 1. The summed E-state index contributed by atoms with van der Waals surface area (Å²) in [6, 6.07) is 8.37. The van der Waals surface area contributed by atoms with Crippen molar-refractivity contribution < 1.29 is 4.79 Å². The highest BCUT2D eigenvalue weighted by Gasteiger charge is 2.20. The van der Waals surface area contributed by atoms with Gasteiger partial charge in [-0.15, -0.1) is 0 Å². The number of anilines is 1. The number of hydrogen-bond acceptors (Lipinski definition) is 1. The smallest absolute Gasteiger partial charge is 0.321 e. The third kappa shape index (κ3) is 4.76. The summed E-state index contributed by atoms with van der Waals surface area (Å²) in [6.45, 7) is 3.85. The van der Waals surface area contributed by atoms with E-state index in [-0.39, 0.29) is 6.03 Å². The predicted octanol–water partition coefficient (Wildman–Crippen LogP) is 4.51. The summed E-state index contributed by atoms with van der Waals surface area (Å²) in [4.78, 5) is 14.3. The summed E-state index contributed by atoms with van der Waals surface area (Å²) in [7, 11) is 0. The zero-order valence-corrected chi connectivity index (χ0v) is 13.2. The topological polar surface area (TPSA) is 32.3 Å². The lowest BCUT2D eigenvalue weighted by molar-refractivity contribution is 0.246. The normalized spacial score (nSPS) is 14.4. The largest absolute Gasteiger partial charge is 0.338 e. The van der Waals surface area contributed by atoms with Gasteiger partial charge in [-0.05, 0) is 37.3 Å². The van der Waals surface area contributed by atoms with Crippen LogP contribution in [0.2, 0.25) is 0 Å². The molecule has 0 aromatic heterocycles. The van der Waals surface area contributed by atoms with Crippen LogP contribution in [-0.2, 0) is 6.42 Å². The molecule has 0 unspecified atom stereocenters. The van der Waals surface area contributed by atoms with Gasteiger partial charge in [0.05, 0.1) is 0 Å². The van der Waals surface area contributed by atoms with Crippen LogP contribution in [0.4, 0.5) is 10.5 Å². The zero-order chi connectivity index (χ0) is 14.9. The van der Waals surface area contributed by atoms with Gasteiger partial charge in [0.15, 0.2) is 0 Å². The van der Waals surface area contributed by atoms with Gasteiger partial charge in [-0.3, -0.25) is 4.90 Å². The maximum absolute atomic E-state index is 12.4. The first-order valence-corrected chi connectivity index (χ1v) is 8.46. The van der Waals surface area contributed by atoms with Crippen molar-refractivity contribution in [1.29, 1.82) is 0 Å². The third-order valence-electron chi connectivity index (χ3n) is 4.16. The van der Waals surface area contributed by atoms with Crippen molar-refractivity contribution >= 4 is 11.7 Å². The molecular formula is C18H28N2O. The van der Waals surface area contributed by atoms with Crippen LogP contribution in [0, 0.1) is 0 Å². The molecule has 3 nitrogen and oxygen atoms in total. The highest BCUT2D eigenvalue weighted by Crippen LogP contribution is 2.25. The number of rotatable bonds is 6. The molecule has 0 aliphatic carbocycles. The van der Waals surface area contributed by atoms with Crippen LogP contribution < -0.4 is 10.2 Å². The maximum atomic E-state index is 12.4. The number of para-hydroxylation sites is 1. The van der Waals surface area contributed by atoms with E-state index in [1.165, 1.54) is 31.2 Å². The molecule has 1 heterocycles. The maximum Gasteiger partial charge on any atom is 0.321 e. The Labute approximate surface area is 128 Å². The number of fused-ring (bicyclic) bond motifs is 1. The highest BCUT2D eigenvalue weighted by molar-refractivity contribution is 5.92. The van der Waals surface area contributed by atoms with E-state index in [0.29, 0.717) is 0 Å². The number of urea groups is 1. The molecular weight excluding hydrogens is 260 g/mol. The van der Waals surface area contributed by atoms with E-state index in [2.05, 4.69) is 30.4 Å². The van der Waals surface area contributed by atoms with Crippen LogP contribution in [0.5, 0.6) is 0 Å². The number of amides is 2. The molecule has 2 amide bonds. The van der Waals surface area contributed by atoms with Crippen LogP contribution in [0.25, 0.3) is 0 Å². The standard InChI is InChI=1S/C18H28N2O/c1-2-3-4-5-9-14-19-18(21)20-15-10-8-12-16-11-6-7-13-17(16)20/h6-7,11,13H,2-5,8-10,12,14-15H2,1H3,(H,19,21). The first-order valence-electron chi connectivity index (χ1n) is 8.46. The van der Waals surface area contributed by atoms with E-state index >= 15 is 0 Å². The number of unbranched alkanes of at least 4 members (excludes halogenated alkanes) is 4. The molecule has 1 N–H and O–H groups in total. The van der Waals surface area contributed by atoms with Crippen LogP contribution in [0.3, 0.4) is 0 Å². The van der Waals surface area contributed by atoms with Gasteiger partial charge in [-0.1, -0.05) is 50.8 Å². The second kappa shape index (κ2) is 8.71. The minimum atomic E-state index is 0.0693. The van der Waals surface area contributed by atoms with Gasteiger partial charge in [-0.25, -0.2) is 4.79 Å². The molecule has 0 spiro atoms. The van der Waals surface area contributed by atoms with Gasteiger partial charge >= 0.3 is 6.03 Å². The molecule has 0 fully saturated rings. The molecule has 21 heavy (non-hydrogen) atoms. The summed E-state index contributed by atoms with van der Waals surface area (Å²) < 4.78 is 0. The minimum Gasteiger partial charge on any atom is -0.338 e. The van der Waals surface area contributed by atoms with E-state index in [0.717, 1.165) is 44.5 Å². The lowest BCUT2D eigenvalue weighted by Gasteiger charge is -2.23. The fraction of sp³-hybridized carbons (Fsp3) is 0.611. The average molecular weight is 288 g/mol. The third-order valence-corrected chi connectivity index (χ3v) is 4.16. The lowest BCUT2D eigenvalue weighted by atomic mass is 10.1. The molecule has 3 heteroatoms. The Morgan fingerprint density at radius 3 is 2.81 bits per heavy atom. The van der Waals surface area contributed by atoms with E-state index in [4.69, 9.17) is 0 Å². The van der Waals surface area contributed by atoms with Gasteiger partial charge in [0.25, 0.3) is 0 Å². The summed E-state index contributed by atoms with van der Waals surface area (Å²) in [5.41, 5.74) is 2.39. The Balaban J connectivity index is 1.84. The van der Waals surface area contributed by atoms with E-state index < -0.39 is 0 Å². The Bertz CT molecular complexity index is 445. The first-order chi connectivity index (χ1) is 10.3. The van der Waals surface area contributed by atoms with E-state index in [1.54, 1.807) is 0 Å².